The van der Waals surface area contributed by atoms with Gasteiger partial charge in [0.1, 0.15) is 5.82 Å². The van der Waals surface area contributed by atoms with E-state index in [1.54, 1.807) is 0 Å². The molecule has 8 heteroatoms. The summed E-state index contributed by atoms with van der Waals surface area (Å²) >= 11 is 0. The second-order valence-electron chi connectivity index (χ2n) is 5.61. The molecule has 0 spiro atoms. The second kappa shape index (κ2) is 5.38. The number of carbonyl (C=O) groups is 1. The van der Waals surface area contributed by atoms with E-state index in [0.29, 0.717) is 18.7 Å². The van der Waals surface area contributed by atoms with Crippen LogP contribution in [0.3, 0.4) is 0 Å². The largest absolute Gasteiger partial charge is 0.478 e. The lowest BCUT2D eigenvalue weighted by atomic mass is 10.1. The summed E-state index contributed by atoms with van der Waals surface area (Å²) in [4.78, 5) is 16.6. The molecule has 5 nitrogen and oxygen atoms in total. The molecule has 0 amide bonds. The third kappa shape index (κ3) is 2.94. The van der Waals surface area contributed by atoms with Gasteiger partial charge in [-0.1, -0.05) is 12.1 Å². The van der Waals surface area contributed by atoms with Crippen molar-refractivity contribution in [1.29, 1.82) is 0 Å². The zero-order chi connectivity index (χ0) is 16.8. The molecule has 1 aromatic heterocycles. The van der Waals surface area contributed by atoms with E-state index in [4.69, 9.17) is 5.11 Å². The van der Waals surface area contributed by atoms with Crippen LogP contribution in [0.15, 0.2) is 30.5 Å². The summed E-state index contributed by atoms with van der Waals surface area (Å²) in [6, 6.07) is 5.60. The van der Waals surface area contributed by atoms with E-state index >= 15 is 0 Å². The number of aromatic nitrogens is 2. The molecule has 0 atom stereocenters. The molecule has 0 aliphatic carbocycles. The van der Waals surface area contributed by atoms with Crippen LogP contribution in [0.4, 0.5) is 13.2 Å². The number of benzene rings is 1. The zero-order valence-electron chi connectivity index (χ0n) is 12.2. The van der Waals surface area contributed by atoms with Crippen LogP contribution < -0.4 is 0 Å². The number of carboxylic acid groups (broad SMARTS) is 1. The van der Waals surface area contributed by atoms with Crippen LogP contribution in [0.2, 0.25) is 0 Å². The summed E-state index contributed by atoms with van der Waals surface area (Å²) in [6.45, 7) is 1.29. The van der Waals surface area contributed by atoms with Gasteiger partial charge in [0, 0.05) is 24.8 Å². The Morgan fingerprint density at radius 1 is 1.26 bits per heavy atom. The quantitative estimate of drug-likeness (QED) is 0.943. The van der Waals surface area contributed by atoms with Crippen LogP contribution in [-0.4, -0.2) is 45.7 Å². The van der Waals surface area contributed by atoms with Gasteiger partial charge < -0.3 is 14.6 Å². The van der Waals surface area contributed by atoms with Gasteiger partial charge in [-0.3, -0.25) is 0 Å². The number of nitrogens with zero attached hydrogens (tertiary/aromatic N) is 3. The summed E-state index contributed by atoms with van der Waals surface area (Å²) in [5.41, 5.74) is -0.407. The van der Waals surface area contributed by atoms with Crippen molar-refractivity contribution in [2.24, 2.45) is 0 Å². The average molecular weight is 325 g/mol. The molecule has 2 aromatic rings. The molecule has 1 aromatic carbocycles. The van der Waals surface area contributed by atoms with Crippen LogP contribution in [-0.2, 0) is 6.18 Å². The molecule has 0 bridgehead atoms. The maximum absolute atomic E-state index is 13.0. The molecule has 1 aliphatic heterocycles. The maximum Gasteiger partial charge on any atom is 0.434 e. The van der Waals surface area contributed by atoms with Crippen LogP contribution >= 0.6 is 0 Å². The Bertz CT molecular complexity index is 731. The van der Waals surface area contributed by atoms with E-state index in [1.165, 1.54) is 28.8 Å². The highest BCUT2D eigenvalue weighted by Gasteiger charge is 2.37. The molecule has 1 aliphatic rings. The highest BCUT2D eigenvalue weighted by molar-refractivity contribution is 5.88. The van der Waals surface area contributed by atoms with Crippen molar-refractivity contribution in [3.05, 3.63) is 41.7 Å². The van der Waals surface area contributed by atoms with E-state index in [9.17, 15) is 18.0 Å². The van der Waals surface area contributed by atoms with Crippen LogP contribution in [0.1, 0.15) is 22.1 Å². The van der Waals surface area contributed by atoms with Gasteiger partial charge in [0.2, 0.25) is 0 Å². The van der Waals surface area contributed by atoms with E-state index in [2.05, 4.69) is 4.98 Å². The maximum atomic E-state index is 13.0. The summed E-state index contributed by atoms with van der Waals surface area (Å²) in [5.74, 6) is -0.885. The predicted molar refractivity (Wildman–Crippen MR) is 76.2 cm³/mol. The fourth-order valence-corrected chi connectivity index (χ4v) is 2.63. The zero-order valence-corrected chi connectivity index (χ0v) is 12.2. The highest BCUT2D eigenvalue weighted by atomic mass is 19.4. The van der Waals surface area contributed by atoms with Crippen LogP contribution in [0.5, 0.6) is 0 Å². The minimum Gasteiger partial charge on any atom is -0.478 e. The van der Waals surface area contributed by atoms with Gasteiger partial charge in [-0.15, -0.1) is 0 Å². The third-order valence-electron chi connectivity index (χ3n) is 3.85. The topological polar surface area (TPSA) is 58.4 Å². The number of rotatable bonds is 3. The second-order valence-corrected chi connectivity index (χ2v) is 5.61. The fraction of sp³-hybridized carbons (Fsp3) is 0.333. The van der Waals surface area contributed by atoms with Gasteiger partial charge in [0.25, 0.3) is 0 Å². The standard InChI is InChI=1S/C15H14F3N3O2/c1-20-6-11(7-20)21-8-12(15(16,17)18)19-13(21)9-2-4-10(5-3-9)14(22)23/h2-5,8,11H,6-7H2,1H3,(H,22,23). The molecule has 23 heavy (non-hydrogen) atoms. The third-order valence-corrected chi connectivity index (χ3v) is 3.85. The van der Waals surface area contributed by atoms with Crippen molar-refractivity contribution in [2.45, 2.75) is 12.2 Å². The Morgan fingerprint density at radius 3 is 2.35 bits per heavy atom. The van der Waals surface area contributed by atoms with Crippen molar-refractivity contribution in [1.82, 2.24) is 14.5 Å². The van der Waals surface area contributed by atoms with Gasteiger partial charge in [-0.25, -0.2) is 9.78 Å². The average Bonchev–Trinajstić information content (AvgIpc) is 2.88. The molecule has 0 unspecified atom stereocenters. The number of aromatic carboxylic acids is 1. The number of halogens is 3. The molecule has 2 heterocycles. The first-order valence-corrected chi connectivity index (χ1v) is 6.94. The Morgan fingerprint density at radius 2 is 1.87 bits per heavy atom. The first-order valence-electron chi connectivity index (χ1n) is 6.94. The minimum atomic E-state index is -4.52. The molecule has 1 N–H and O–H groups in total. The van der Waals surface area contributed by atoms with E-state index in [0.717, 1.165) is 6.20 Å². The van der Waals surface area contributed by atoms with E-state index in [1.807, 2.05) is 11.9 Å². The summed E-state index contributed by atoms with van der Waals surface area (Å²) in [7, 11) is 1.89. The molecular weight excluding hydrogens is 311 g/mol. The number of hydrogen-bond acceptors (Lipinski definition) is 3. The first-order chi connectivity index (χ1) is 10.8. The Hall–Kier alpha value is -2.35. The lowest BCUT2D eigenvalue weighted by molar-refractivity contribution is -0.141. The van der Waals surface area contributed by atoms with E-state index < -0.39 is 17.8 Å². The van der Waals surface area contributed by atoms with Gasteiger partial charge in [-0.2, -0.15) is 13.2 Å². The van der Waals surface area contributed by atoms with Gasteiger partial charge in [-0.05, 0) is 19.2 Å². The number of imidazole rings is 1. The number of hydrogen-bond donors (Lipinski definition) is 1. The normalized spacial score (nSPS) is 16.3. The lowest BCUT2D eigenvalue weighted by Gasteiger charge is -2.37. The lowest BCUT2D eigenvalue weighted by Crippen LogP contribution is -2.44. The first kappa shape index (κ1) is 15.5. The summed E-state index contributed by atoms with van der Waals surface area (Å²) in [5, 5.41) is 8.90. The number of alkyl halides is 3. The van der Waals surface area contributed by atoms with E-state index in [-0.39, 0.29) is 17.4 Å². The van der Waals surface area contributed by atoms with Crippen molar-refractivity contribution in [3.8, 4) is 11.4 Å². The van der Waals surface area contributed by atoms with Crippen LogP contribution in [0.25, 0.3) is 11.4 Å². The van der Waals surface area contributed by atoms with Crippen molar-refractivity contribution >= 4 is 5.97 Å². The van der Waals surface area contributed by atoms with Crippen molar-refractivity contribution < 1.29 is 23.1 Å². The summed E-state index contributed by atoms with van der Waals surface area (Å²) < 4.78 is 40.4. The Kier molecular flexibility index (Phi) is 3.63. The molecular formula is C15H14F3N3O2. The van der Waals surface area contributed by atoms with Crippen molar-refractivity contribution in [3.63, 3.8) is 0 Å². The number of likely N-dealkylation sites (tertiary alicyclic amines) is 1. The number of carboxylic acids is 1. The monoisotopic (exact) mass is 325 g/mol. The molecule has 1 saturated heterocycles. The SMILES string of the molecule is CN1CC(n2cc(C(F)(F)F)nc2-c2ccc(C(=O)O)cc2)C1. The van der Waals surface area contributed by atoms with Gasteiger partial charge in [0.05, 0.1) is 11.6 Å². The predicted octanol–water partition coefficient (Wildman–Crippen LogP) is 2.75. The fourth-order valence-electron chi connectivity index (χ4n) is 2.63. The smallest absolute Gasteiger partial charge is 0.434 e. The van der Waals surface area contributed by atoms with Gasteiger partial charge >= 0.3 is 12.1 Å². The van der Waals surface area contributed by atoms with Crippen molar-refractivity contribution in [2.75, 3.05) is 20.1 Å². The summed E-state index contributed by atoms with van der Waals surface area (Å²) in [6.07, 6.45) is -3.49. The highest BCUT2D eigenvalue weighted by Crippen LogP contribution is 2.34. The molecule has 0 radical (unpaired) electrons. The molecule has 1 fully saturated rings. The Labute approximate surface area is 130 Å². The number of likely N-dealkylation sites (N-methyl/N-ethyl adjacent to an activating group) is 1. The molecule has 0 saturated carbocycles. The van der Waals surface area contributed by atoms with Gasteiger partial charge in [0.15, 0.2) is 5.69 Å². The molecule has 3 rings (SSSR count). The molecule has 122 valence electrons. The Balaban J connectivity index is 2.02. The van der Waals surface area contributed by atoms with Crippen LogP contribution in [0, 0.1) is 0 Å². The minimum absolute atomic E-state index is 0.0715.